The fraction of sp³-hybridized carbons (Fsp3) is 0.846. The Hall–Kier alpha value is -1.14. The molecule has 110 valence electrons. The molecule has 0 aromatic rings. The van der Waals surface area contributed by atoms with Crippen molar-refractivity contribution in [2.24, 2.45) is 0 Å². The normalized spacial score (nSPS) is 17.6. The van der Waals surface area contributed by atoms with Crippen LogP contribution < -0.4 is 5.32 Å². The van der Waals surface area contributed by atoms with E-state index >= 15 is 0 Å². The van der Waals surface area contributed by atoms with Crippen molar-refractivity contribution in [1.82, 2.24) is 15.1 Å². The van der Waals surface area contributed by atoms with Gasteiger partial charge in [-0.25, -0.2) is 0 Å². The molecule has 0 atom stereocenters. The quantitative estimate of drug-likeness (QED) is 0.681. The highest BCUT2D eigenvalue weighted by Crippen LogP contribution is 2.02. The molecule has 6 heteroatoms. The van der Waals surface area contributed by atoms with Crippen molar-refractivity contribution in [2.75, 3.05) is 39.3 Å². The van der Waals surface area contributed by atoms with E-state index in [-0.39, 0.29) is 18.5 Å². The Morgan fingerprint density at radius 3 is 1.95 bits per heavy atom. The lowest BCUT2D eigenvalue weighted by Crippen LogP contribution is -2.51. The number of nitrogens with zero attached hydrogens (tertiary/aromatic N) is 2. The highest BCUT2D eigenvalue weighted by Gasteiger charge is 2.20. The van der Waals surface area contributed by atoms with E-state index in [0.29, 0.717) is 19.6 Å². The third-order valence-electron chi connectivity index (χ3n) is 3.54. The SMILES string of the molecule is CCC(CC)NC(=O)CN1CCN(CC(=O)O)CC1. The van der Waals surface area contributed by atoms with E-state index < -0.39 is 5.97 Å². The maximum atomic E-state index is 11.8. The van der Waals surface area contributed by atoms with Gasteiger partial charge in [-0.2, -0.15) is 0 Å². The summed E-state index contributed by atoms with van der Waals surface area (Å²) in [4.78, 5) is 26.4. The first-order valence-electron chi connectivity index (χ1n) is 7.01. The molecular weight excluding hydrogens is 246 g/mol. The summed E-state index contributed by atoms with van der Waals surface area (Å²) < 4.78 is 0. The number of piperazine rings is 1. The summed E-state index contributed by atoms with van der Waals surface area (Å²) in [6.45, 7) is 7.58. The van der Waals surface area contributed by atoms with Crippen molar-refractivity contribution in [3.05, 3.63) is 0 Å². The summed E-state index contributed by atoms with van der Waals surface area (Å²) in [7, 11) is 0. The van der Waals surface area contributed by atoms with Crippen LogP contribution in [-0.4, -0.2) is 72.1 Å². The van der Waals surface area contributed by atoms with E-state index in [4.69, 9.17) is 5.11 Å². The summed E-state index contributed by atoms with van der Waals surface area (Å²) >= 11 is 0. The molecule has 1 heterocycles. The third kappa shape index (κ3) is 6.02. The Kier molecular flexibility index (Phi) is 6.80. The van der Waals surface area contributed by atoms with E-state index in [1.165, 1.54) is 0 Å². The molecule has 1 aliphatic heterocycles. The number of hydrogen-bond acceptors (Lipinski definition) is 4. The number of carboxylic acids is 1. The monoisotopic (exact) mass is 271 g/mol. The zero-order chi connectivity index (χ0) is 14.3. The number of hydrogen-bond donors (Lipinski definition) is 2. The smallest absolute Gasteiger partial charge is 0.317 e. The van der Waals surface area contributed by atoms with Crippen LogP contribution >= 0.6 is 0 Å². The van der Waals surface area contributed by atoms with Crippen LogP contribution in [0.15, 0.2) is 0 Å². The molecule has 0 saturated carbocycles. The maximum absolute atomic E-state index is 11.8. The first-order chi connectivity index (χ1) is 9.05. The molecule has 6 nitrogen and oxygen atoms in total. The Labute approximate surface area is 114 Å². The van der Waals surface area contributed by atoms with E-state index in [9.17, 15) is 9.59 Å². The molecule has 1 aliphatic rings. The second-order valence-electron chi connectivity index (χ2n) is 5.03. The minimum atomic E-state index is -0.792. The van der Waals surface area contributed by atoms with Crippen LogP contribution in [0.4, 0.5) is 0 Å². The molecule has 0 radical (unpaired) electrons. The lowest BCUT2D eigenvalue weighted by Gasteiger charge is -2.33. The van der Waals surface area contributed by atoms with Gasteiger partial charge >= 0.3 is 5.97 Å². The lowest BCUT2D eigenvalue weighted by molar-refractivity contribution is -0.139. The largest absolute Gasteiger partial charge is 0.480 e. The summed E-state index contributed by atoms with van der Waals surface area (Å²) in [6, 6.07) is 0.265. The molecule has 0 bridgehead atoms. The van der Waals surface area contributed by atoms with Gasteiger partial charge in [-0.1, -0.05) is 13.8 Å². The summed E-state index contributed by atoms with van der Waals surface area (Å²) in [6.07, 6.45) is 1.91. The zero-order valence-corrected chi connectivity index (χ0v) is 11.9. The van der Waals surface area contributed by atoms with Gasteiger partial charge in [-0.15, -0.1) is 0 Å². The fourth-order valence-corrected chi connectivity index (χ4v) is 2.27. The van der Waals surface area contributed by atoms with E-state index in [0.717, 1.165) is 25.9 Å². The van der Waals surface area contributed by atoms with Crippen molar-refractivity contribution in [3.8, 4) is 0 Å². The Morgan fingerprint density at radius 1 is 1.05 bits per heavy atom. The van der Waals surface area contributed by atoms with E-state index in [2.05, 4.69) is 24.1 Å². The van der Waals surface area contributed by atoms with Crippen LogP contribution in [0, 0.1) is 0 Å². The van der Waals surface area contributed by atoms with Crippen LogP contribution in [0.2, 0.25) is 0 Å². The highest BCUT2D eigenvalue weighted by molar-refractivity contribution is 5.78. The van der Waals surface area contributed by atoms with Crippen molar-refractivity contribution < 1.29 is 14.7 Å². The molecule has 0 unspecified atom stereocenters. The van der Waals surface area contributed by atoms with Gasteiger partial charge < -0.3 is 10.4 Å². The molecule has 0 spiro atoms. The molecule has 0 aromatic heterocycles. The summed E-state index contributed by atoms with van der Waals surface area (Å²) in [5.41, 5.74) is 0. The van der Waals surface area contributed by atoms with Crippen LogP contribution in [0.1, 0.15) is 26.7 Å². The second kappa shape index (κ2) is 8.12. The van der Waals surface area contributed by atoms with Gasteiger partial charge in [0.1, 0.15) is 0 Å². The number of nitrogens with one attached hydrogen (secondary N) is 1. The zero-order valence-electron chi connectivity index (χ0n) is 11.9. The molecule has 0 aliphatic carbocycles. The minimum absolute atomic E-state index is 0.0698. The molecule has 1 fully saturated rings. The number of aliphatic carboxylic acids is 1. The highest BCUT2D eigenvalue weighted by atomic mass is 16.4. The van der Waals surface area contributed by atoms with Gasteiger partial charge in [0.2, 0.25) is 5.91 Å². The van der Waals surface area contributed by atoms with Crippen molar-refractivity contribution in [3.63, 3.8) is 0 Å². The maximum Gasteiger partial charge on any atom is 0.317 e. The number of carbonyl (C=O) groups is 2. The first kappa shape index (κ1) is 15.9. The number of rotatable bonds is 7. The molecular formula is C13H25N3O3. The van der Waals surface area contributed by atoms with E-state index in [1.54, 1.807) is 0 Å². The summed E-state index contributed by atoms with van der Waals surface area (Å²) in [5, 5.41) is 11.7. The second-order valence-corrected chi connectivity index (χ2v) is 5.03. The molecule has 19 heavy (non-hydrogen) atoms. The average Bonchev–Trinajstić information content (AvgIpc) is 2.37. The standard InChI is InChI=1S/C13H25N3O3/c1-3-11(4-2)14-12(17)9-15-5-7-16(8-6-15)10-13(18)19/h11H,3-10H2,1-2H3,(H,14,17)(H,18,19). The number of carboxylic acid groups (broad SMARTS) is 1. The van der Waals surface area contributed by atoms with Gasteiger partial charge in [0.05, 0.1) is 13.1 Å². The van der Waals surface area contributed by atoms with Gasteiger partial charge in [0, 0.05) is 32.2 Å². The number of amides is 1. The third-order valence-corrected chi connectivity index (χ3v) is 3.54. The molecule has 1 amide bonds. The Balaban J connectivity index is 2.25. The first-order valence-corrected chi connectivity index (χ1v) is 7.01. The molecule has 0 aromatic carbocycles. The van der Waals surface area contributed by atoms with Crippen molar-refractivity contribution in [2.45, 2.75) is 32.7 Å². The topological polar surface area (TPSA) is 72.9 Å². The fourth-order valence-electron chi connectivity index (χ4n) is 2.27. The van der Waals surface area contributed by atoms with Gasteiger partial charge in [-0.05, 0) is 12.8 Å². The lowest BCUT2D eigenvalue weighted by atomic mass is 10.2. The van der Waals surface area contributed by atoms with Crippen molar-refractivity contribution in [1.29, 1.82) is 0 Å². The Morgan fingerprint density at radius 2 is 1.53 bits per heavy atom. The van der Waals surface area contributed by atoms with Crippen LogP contribution in [0.3, 0.4) is 0 Å². The van der Waals surface area contributed by atoms with E-state index in [1.807, 2.05) is 4.90 Å². The average molecular weight is 271 g/mol. The summed E-state index contributed by atoms with van der Waals surface area (Å²) in [5.74, 6) is -0.722. The molecule has 1 saturated heterocycles. The van der Waals surface area contributed by atoms with Crippen LogP contribution in [-0.2, 0) is 9.59 Å². The number of carbonyl (C=O) groups excluding carboxylic acids is 1. The molecule has 1 rings (SSSR count). The predicted octanol–water partition coefficient (Wildman–Crippen LogP) is -0.00660. The van der Waals surface area contributed by atoms with Gasteiger partial charge in [0.25, 0.3) is 0 Å². The predicted molar refractivity (Wildman–Crippen MR) is 73.0 cm³/mol. The molecule has 2 N–H and O–H groups in total. The van der Waals surface area contributed by atoms with Crippen LogP contribution in [0.25, 0.3) is 0 Å². The van der Waals surface area contributed by atoms with Gasteiger partial charge in [-0.3, -0.25) is 19.4 Å². The Bertz CT molecular complexity index is 298. The van der Waals surface area contributed by atoms with Crippen molar-refractivity contribution >= 4 is 11.9 Å². The minimum Gasteiger partial charge on any atom is -0.480 e. The van der Waals surface area contributed by atoms with Gasteiger partial charge in [0.15, 0.2) is 0 Å². The van der Waals surface area contributed by atoms with Crippen LogP contribution in [0.5, 0.6) is 0 Å².